The highest BCUT2D eigenvalue weighted by Crippen LogP contribution is 2.36. The lowest BCUT2D eigenvalue weighted by Gasteiger charge is -2.12. The molecule has 0 bridgehead atoms. The average molecular weight is 374 g/mol. The second-order valence-corrected chi connectivity index (χ2v) is 5.23. The summed E-state index contributed by atoms with van der Waals surface area (Å²) in [4.78, 5) is 22.9. The van der Waals surface area contributed by atoms with Crippen LogP contribution < -0.4 is 10.1 Å². The van der Waals surface area contributed by atoms with E-state index in [1.807, 2.05) is 0 Å². The zero-order valence-electron chi connectivity index (χ0n) is 12.4. The number of carboxylic acid groups (broad SMARTS) is 1. The Bertz CT molecular complexity index is 808. The molecule has 5 nitrogen and oxygen atoms in total. The number of rotatable bonds is 5. The lowest BCUT2D eigenvalue weighted by Crippen LogP contribution is -2.21. The summed E-state index contributed by atoms with van der Waals surface area (Å²) < 4.78 is 43.3. The summed E-state index contributed by atoms with van der Waals surface area (Å²) in [6.07, 6.45) is -4.65. The van der Waals surface area contributed by atoms with Gasteiger partial charge in [0.15, 0.2) is 6.61 Å². The standard InChI is InChI=1S/C16H11ClF3NO4/c17-12-6-5-9(7-11(12)16(18,19)20)25-8-14(22)21-13-4-2-1-3-10(13)15(23)24/h1-7H,8H2,(H,21,22)(H,23,24). The number of anilines is 1. The van der Waals surface area contributed by atoms with Crippen LogP contribution in [0.25, 0.3) is 0 Å². The first-order valence-corrected chi connectivity index (χ1v) is 7.18. The van der Waals surface area contributed by atoms with Crippen molar-refractivity contribution in [1.29, 1.82) is 0 Å². The van der Waals surface area contributed by atoms with E-state index in [9.17, 15) is 22.8 Å². The van der Waals surface area contributed by atoms with Crippen molar-refractivity contribution in [3.05, 3.63) is 58.6 Å². The summed E-state index contributed by atoms with van der Waals surface area (Å²) in [7, 11) is 0. The van der Waals surface area contributed by atoms with E-state index in [4.69, 9.17) is 21.4 Å². The molecule has 0 radical (unpaired) electrons. The number of carboxylic acids is 1. The number of halogens is 4. The SMILES string of the molecule is O=C(COc1ccc(Cl)c(C(F)(F)F)c1)Nc1ccccc1C(=O)O. The van der Waals surface area contributed by atoms with Gasteiger partial charge in [0.2, 0.25) is 0 Å². The summed E-state index contributed by atoms with van der Waals surface area (Å²) in [5.74, 6) is -2.15. The lowest BCUT2D eigenvalue weighted by atomic mass is 10.2. The third kappa shape index (κ3) is 4.87. The van der Waals surface area contributed by atoms with Gasteiger partial charge in [0.05, 0.1) is 21.8 Å². The Morgan fingerprint density at radius 2 is 1.84 bits per heavy atom. The van der Waals surface area contributed by atoms with Gasteiger partial charge in [-0.2, -0.15) is 13.2 Å². The summed E-state index contributed by atoms with van der Waals surface area (Å²) in [6.45, 7) is -0.604. The fourth-order valence-electron chi connectivity index (χ4n) is 1.93. The zero-order chi connectivity index (χ0) is 18.6. The van der Waals surface area contributed by atoms with Gasteiger partial charge in [-0.05, 0) is 30.3 Å². The Balaban J connectivity index is 2.05. The highest BCUT2D eigenvalue weighted by atomic mass is 35.5. The van der Waals surface area contributed by atoms with Crippen molar-refractivity contribution in [3.63, 3.8) is 0 Å². The number of nitrogens with one attached hydrogen (secondary N) is 1. The van der Waals surface area contributed by atoms with E-state index in [0.717, 1.165) is 6.07 Å². The van der Waals surface area contributed by atoms with Gasteiger partial charge in [-0.3, -0.25) is 4.79 Å². The molecular weight excluding hydrogens is 363 g/mol. The quantitative estimate of drug-likeness (QED) is 0.828. The van der Waals surface area contributed by atoms with E-state index in [1.54, 1.807) is 0 Å². The molecule has 0 saturated heterocycles. The van der Waals surface area contributed by atoms with Crippen molar-refractivity contribution in [3.8, 4) is 5.75 Å². The van der Waals surface area contributed by atoms with Gasteiger partial charge < -0.3 is 15.2 Å². The Kier molecular flexibility index (Phi) is 5.53. The molecule has 2 aromatic carbocycles. The van der Waals surface area contributed by atoms with Crippen LogP contribution in [-0.4, -0.2) is 23.6 Å². The highest BCUT2D eigenvalue weighted by molar-refractivity contribution is 6.31. The number of hydrogen-bond acceptors (Lipinski definition) is 3. The number of aromatic carboxylic acids is 1. The van der Waals surface area contributed by atoms with Gasteiger partial charge in [0.25, 0.3) is 5.91 Å². The molecule has 9 heteroatoms. The normalized spacial score (nSPS) is 11.0. The summed E-state index contributed by atoms with van der Waals surface area (Å²) in [6, 6.07) is 8.58. The van der Waals surface area contributed by atoms with E-state index in [2.05, 4.69) is 5.32 Å². The van der Waals surface area contributed by atoms with Gasteiger partial charge in [-0.15, -0.1) is 0 Å². The van der Waals surface area contributed by atoms with Crippen molar-refractivity contribution in [2.75, 3.05) is 11.9 Å². The molecule has 0 saturated carbocycles. The van der Waals surface area contributed by atoms with Crippen LogP contribution in [0.5, 0.6) is 5.75 Å². The zero-order valence-corrected chi connectivity index (χ0v) is 13.2. The maximum Gasteiger partial charge on any atom is 0.417 e. The largest absolute Gasteiger partial charge is 0.484 e. The first kappa shape index (κ1) is 18.6. The second-order valence-electron chi connectivity index (χ2n) is 4.83. The van der Waals surface area contributed by atoms with E-state index in [0.29, 0.717) is 6.07 Å². The molecule has 2 N–H and O–H groups in total. The first-order chi connectivity index (χ1) is 11.7. The summed E-state index contributed by atoms with van der Waals surface area (Å²) in [5, 5.41) is 10.9. The Labute approximate surface area is 145 Å². The van der Waals surface area contributed by atoms with Crippen LogP contribution in [0.15, 0.2) is 42.5 Å². The molecule has 2 rings (SSSR count). The van der Waals surface area contributed by atoms with Crippen LogP contribution in [0.4, 0.5) is 18.9 Å². The van der Waals surface area contributed by atoms with Crippen molar-refractivity contribution in [1.82, 2.24) is 0 Å². The number of ether oxygens (including phenoxy) is 1. The van der Waals surface area contributed by atoms with E-state index < -0.39 is 35.2 Å². The molecule has 0 fully saturated rings. The number of alkyl halides is 3. The van der Waals surface area contributed by atoms with Crippen LogP contribution in [0.2, 0.25) is 5.02 Å². The number of carbonyl (C=O) groups is 2. The molecule has 0 spiro atoms. The molecule has 2 aromatic rings. The fraction of sp³-hybridized carbons (Fsp3) is 0.125. The molecule has 132 valence electrons. The third-order valence-electron chi connectivity index (χ3n) is 3.04. The minimum atomic E-state index is -4.65. The molecule has 0 unspecified atom stereocenters. The minimum Gasteiger partial charge on any atom is -0.484 e. The molecule has 25 heavy (non-hydrogen) atoms. The van der Waals surface area contributed by atoms with Gasteiger partial charge >= 0.3 is 12.1 Å². The molecule has 1 amide bonds. The fourth-order valence-corrected chi connectivity index (χ4v) is 2.15. The maximum atomic E-state index is 12.8. The monoisotopic (exact) mass is 373 g/mol. The second kappa shape index (κ2) is 7.43. The van der Waals surface area contributed by atoms with Gasteiger partial charge in [-0.25, -0.2) is 4.79 Å². The average Bonchev–Trinajstić information content (AvgIpc) is 2.53. The molecule has 0 atom stereocenters. The molecule has 0 aliphatic rings. The van der Waals surface area contributed by atoms with Crippen LogP contribution in [0.1, 0.15) is 15.9 Å². The van der Waals surface area contributed by atoms with Gasteiger partial charge in [0, 0.05) is 0 Å². The van der Waals surface area contributed by atoms with Crippen LogP contribution in [-0.2, 0) is 11.0 Å². The summed E-state index contributed by atoms with van der Waals surface area (Å²) in [5.41, 5.74) is -1.15. The predicted octanol–water partition coefficient (Wildman–Crippen LogP) is 4.07. The van der Waals surface area contributed by atoms with Gasteiger partial charge in [-0.1, -0.05) is 23.7 Å². The number of amides is 1. The summed E-state index contributed by atoms with van der Waals surface area (Å²) >= 11 is 5.49. The lowest BCUT2D eigenvalue weighted by molar-refractivity contribution is -0.137. The molecule has 0 aliphatic carbocycles. The Morgan fingerprint density at radius 1 is 1.16 bits per heavy atom. The number of benzene rings is 2. The predicted molar refractivity (Wildman–Crippen MR) is 84.0 cm³/mol. The van der Waals surface area contributed by atoms with Crippen molar-refractivity contribution < 1.29 is 32.6 Å². The van der Waals surface area contributed by atoms with E-state index in [1.165, 1.54) is 30.3 Å². The van der Waals surface area contributed by atoms with Crippen LogP contribution in [0, 0.1) is 0 Å². The minimum absolute atomic E-state index is 0.0516. The topological polar surface area (TPSA) is 75.6 Å². The van der Waals surface area contributed by atoms with Crippen molar-refractivity contribution in [2.24, 2.45) is 0 Å². The third-order valence-corrected chi connectivity index (χ3v) is 3.37. The first-order valence-electron chi connectivity index (χ1n) is 6.80. The molecular formula is C16H11ClF3NO4. The van der Waals surface area contributed by atoms with E-state index >= 15 is 0 Å². The highest BCUT2D eigenvalue weighted by Gasteiger charge is 2.33. The van der Waals surface area contributed by atoms with Gasteiger partial charge in [0.1, 0.15) is 5.75 Å². The van der Waals surface area contributed by atoms with Crippen LogP contribution >= 0.6 is 11.6 Å². The van der Waals surface area contributed by atoms with Crippen molar-refractivity contribution in [2.45, 2.75) is 6.18 Å². The molecule has 0 aromatic heterocycles. The van der Waals surface area contributed by atoms with E-state index in [-0.39, 0.29) is 17.0 Å². The maximum absolute atomic E-state index is 12.8. The van der Waals surface area contributed by atoms with Crippen LogP contribution in [0.3, 0.4) is 0 Å². The number of carbonyl (C=O) groups excluding carboxylic acids is 1. The Hall–Kier alpha value is -2.74. The smallest absolute Gasteiger partial charge is 0.417 e. The molecule has 0 heterocycles. The Morgan fingerprint density at radius 3 is 2.48 bits per heavy atom. The molecule has 0 aliphatic heterocycles. The number of hydrogen-bond donors (Lipinski definition) is 2. The van der Waals surface area contributed by atoms with Crippen molar-refractivity contribution >= 4 is 29.2 Å². The number of para-hydroxylation sites is 1.